The highest BCUT2D eigenvalue weighted by Gasteiger charge is 2.27. The summed E-state index contributed by atoms with van der Waals surface area (Å²) in [5.41, 5.74) is 6.76. The number of thiophene rings is 1. The first-order chi connectivity index (χ1) is 9.86. The van der Waals surface area contributed by atoms with Gasteiger partial charge in [-0.05, 0) is 30.0 Å². The van der Waals surface area contributed by atoms with Gasteiger partial charge in [0.1, 0.15) is 9.77 Å². The van der Waals surface area contributed by atoms with Crippen LogP contribution in [0.5, 0.6) is 0 Å². The van der Waals surface area contributed by atoms with Crippen LogP contribution in [0.25, 0.3) is 0 Å². The van der Waals surface area contributed by atoms with Gasteiger partial charge in [-0.2, -0.15) is 0 Å². The number of sulfonamides is 1. The van der Waals surface area contributed by atoms with E-state index in [-0.39, 0.29) is 15.5 Å². The van der Waals surface area contributed by atoms with E-state index >= 15 is 0 Å². The molecule has 1 aromatic carbocycles. The molecule has 0 aliphatic carbocycles. The zero-order chi connectivity index (χ0) is 15.6. The van der Waals surface area contributed by atoms with Crippen LogP contribution < -0.4 is 10.5 Å². The molecule has 0 aliphatic rings. The van der Waals surface area contributed by atoms with Gasteiger partial charge in [0.2, 0.25) is 0 Å². The number of carbonyl (C=O) groups is 1. The summed E-state index contributed by atoms with van der Waals surface area (Å²) in [6.45, 7) is 1.62. The molecule has 6 nitrogen and oxygen atoms in total. The molecule has 21 heavy (non-hydrogen) atoms. The summed E-state index contributed by atoms with van der Waals surface area (Å²) in [5, 5.41) is 1.59. The van der Waals surface area contributed by atoms with Crippen molar-refractivity contribution in [1.29, 1.82) is 0 Å². The number of nitrogen functional groups attached to an aromatic ring is 1. The second-order valence-electron chi connectivity index (χ2n) is 4.26. The normalized spacial score (nSPS) is 11.1. The Balaban J connectivity index is 2.48. The Morgan fingerprint density at radius 2 is 2.00 bits per heavy atom. The molecule has 112 valence electrons. The number of para-hydroxylation sites is 2. The van der Waals surface area contributed by atoms with E-state index in [1.54, 1.807) is 36.6 Å². The number of carbonyl (C=O) groups excluding carboxylic acids is 1. The van der Waals surface area contributed by atoms with E-state index in [9.17, 15) is 13.2 Å². The van der Waals surface area contributed by atoms with Crippen LogP contribution in [0.4, 0.5) is 11.4 Å². The molecule has 3 N–H and O–H groups in total. The summed E-state index contributed by atoms with van der Waals surface area (Å²) >= 11 is 1.03. The van der Waals surface area contributed by atoms with Crippen molar-refractivity contribution in [2.45, 2.75) is 11.8 Å². The van der Waals surface area contributed by atoms with Crippen molar-refractivity contribution in [3.8, 4) is 0 Å². The predicted octanol–water partition coefficient (Wildman–Crippen LogP) is 2.23. The number of hydrogen-bond acceptors (Lipinski definition) is 6. The molecule has 2 rings (SSSR count). The van der Waals surface area contributed by atoms with Gasteiger partial charge in [-0.3, -0.25) is 4.72 Å². The molecule has 1 heterocycles. The van der Waals surface area contributed by atoms with Crippen LogP contribution in [0.2, 0.25) is 0 Å². The minimum absolute atomic E-state index is 0.0389. The summed E-state index contributed by atoms with van der Waals surface area (Å²) in [5.74, 6) is -0.686. The highest BCUT2D eigenvalue weighted by atomic mass is 32.2. The van der Waals surface area contributed by atoms with Crippen molar-refractivity contribution in [2.24, 2.45) is 0 Å². The molecule has 0 aliphatic heterocycles. The molecule has 1 aromatic heterocycles. The topological polar surface area (TPSA) is 98.5 Å². The smallest absolute Gasteiger partial charge is 0.349 e. The fourth-order valence-corrected chi connectivity index (χ4v) is 4.58. The van der Waals surface area contributed by atoms with Gasteiger partial charge in [-0.1, -0.05) is 12.1 Å². The second kappa shape index (κ2) is 5.74. The summed E-state index contributed by atoms with van der Waals surface area (Å²) in [6.07, 6.45) is 0. The van der Waals surface area contributed by atoms with Crippen LogP contribution in [0.15, 0.2) is 34.5 Å². The molecule has 0 atom stereocenters. The van der Waals surface area contributed by atoms with E-state index in [4.69, 9.17) is 5.73 Å². The van der Waals surface area contributed by atoms with Crippen molar-refractivity contribution < 1.29 is 17.9 Å². The maximum absolute atomic E-state index is 12.5. The molecule has 0 unspecified atom stereocenters. The van der Waals surface area contributed by atoms with Gasteiger partial charge in [0.25, 0.3) is 10.0 Å². The Hall–Kier alpha value is -2.06. The fraction of sp³-hybridized carbons (Fsp3) is 0.154. The number of rotatable bonds is 4. The van der Waals surface area contributed by atoms with Gasteiger partial charge in [0.05, 0.1) is 18.5 Å². The van der Waals surface area contributed by atoms with Crippen LogP contribution >= 0.6 is 11.3 Å². The Morgan fingerprint density at radius 1 is 1.33 bits per heavy atom. The number of benzene rings is 1. The summed E-state index contributed by atoms with van der Waals surface area (Å²) in [4.78, 5) is 11.6. The number of aryl methyl sites for hydroxylation is 1. The van der Waals surface area contributed by atoms with Crippen molar-refractivity contribution in [3.63, 3.8) is 0 Å². The van der Waals surface area contributed by atoms with E-state index in [2.05, 4.69) is 9.46 Å². The SMILES string of the molecule is COC(=O)c1scc(C)c1S(=O)(=O)Nc1ccccc1N. The lowest BCUT2D eigenvalue weighted by Gasteiger charge is -2.11. The summed E-state index contributed by atoms with van der Waals surface area (Å²) in [7, 11) is -2.72. The molecule has 8 heteroatoms. The predicted molar refractivity (Wildman–Crippen MR) is 82.1 cm³/mol. The van der Waals surface area contributed by atoms with Gasteiger partial charge in [0, 0.05) is 0 Å². The molecular formula is C13H14N2O4S2. The molecule has 0 spiro atoms. The minimum Gasteiger partial charge on any atom is -0.465 e. The van der Waals surface area contributed by atoms with Gasteiger partial charge in [-0.25, -0.2) is 13.2 Å². The molecule has 0 fully saturated rings. The maximum atomic E-state index is 12.5. The lowest BCUT2D eigenvalue weighted by molar-refractivity contribution is 0.0602. The van der Waals surface area contributed by atoms with Crippen molar-refractivity contribution in [3.05, 3.63) is 40.1 Å². The quantitative estimate of drug-likeness (QED) is 0.663. The van der Waals surface area contributed by atoms with Gasteiger partial charge in [0.15, 0.2) is 0 Å². The zero-order valence-corrected chi connectivity index (χ0v) is 13.0. The van der Waals surface area contributed by atoms with Crippen LogP contribution in [0.3, 0.4) is 0 Å². The molecular weight excluding hydrogens is 312 g/mol. The Bertz CT molecular complexity index is 781. The monoisotopic (exact) mass is 326 g/mol. The van der Waals surface area contributed by atoms with Crippen LogP contribution in [-0.4, -0.2) is 21.5 Å². The third-order valence-corrected chi connectivity index (χ3v) is 5.52. The lowest BCUT2D eigenvalue weighted by Crippen LogP contribution is -2.17. The molecule has 0 radical (unpaired) electrons. The van der Waals surface area contributed by atoms with Crippen LogP contribution in [0, 0.1) is 6.92 Å². The third kappa shape index (κ3) is 3.01. The van der Waals surface area contributed by atoms with Crippen molar-refractivity contribution >= 4 is 38.7 Å². The molecule has 0 saturated heterocycles. The number of hydrogen-bond donors (Lipinski definition) is 2. The van der Waals surface area contributed by atoms with Gasteiger partial charge >= 0.3 is 5.97 Å². The van der Waals surface area contributed by atoms with E-state index in [1.165, 1.54) is 7.11 Å². The summed E-state index contributed by atoms with van der Waals surface area (Å²) in [6, 6.07) is 6.49. The first-order valence-corrected chi connectivity index (χ1v) is 8.27. The number of nitrogens with two attached hydrogens (primary N) is 1. The van der Waals surface area contributed by atoms with Crippen molar-refractivity contribution in [1.82, 2.24) is 0 Å². The third-order valence-electron chi connectivity index (χ3n) is 2.76. The standard InChI is InChI=1S/C13H14N2O4S2/c1-8-7-20-11(13(16)19-2)12(8)21(17,18)15-10-6-4-3-5-9(10)14/h3-7,15H,14H2,1-2H3. The largest absolute Gasteiger partial charge is 0.465 e. The number of methoxy groups -OCH3 is 1. The number of esters is 1. The number of ether oxygens (including phenoxy) is 1. The number of nitrogens with one attached hydrogen (secondary N) is 1. The van der Waals surface area contributed by atoms with Gasteiger partial charge < -0.3 is 10.5 Å². The molecule has 2 aromatic rings. The highest BCUT2D eigenvalue weighted by Crippen LogP contribution is 2.30. The summed E-state index contributed by atoms with van der Waals surface area (Å²) < 4.78 is 32.0. The molecule has 0 saturated carbocycles. The minimum atomic E-state index is -3.93. The number of anilines is 2. The van der Waals surface area contributed by atoms with Gasteiger partial charge in [-0.15, -0.1) is 11.3 Å². The molecule has 0 bridgehead atoms. The average Bonchev–Trinajstić information content (AvgIpc) is 2.83. The second-order valence-corrected chi connectivity index (χ2v) is 6.76. The Labute approximate surface area is 126 Å². The van der Waals surface area contributed by atoms with E-state index in [1.807, 2.05) is 0 Å². The van der Waals surface area contributed by atoms with E-state index < -0.39 is 16.0 Å². The Kier molecular flexibility index (Phi) is 4.19. The van der Waals surface area contributed by atoms with Crippen molar-refractivity contribution in [2.75, 3.05) is 17.6 Å². The lowest BCUT2D eigenvalue weighted by atomic mass is 10.3. The van der Waals surface area contributed by atoms with Crippen LogP contribution in [-0.2, 0) is 14.8 Å². The first-order valence-electron chi connectivity index (χ1n) is 5.90. The van der Waals surface area contributed by atoms with E-state index in [0.717, 1.165) is 11.3 Å². The first kappa shape index (κ1) is 15.3. The van der Waals surface area contributed by atoms with E-state index in [0.29, 0.717) is 11.3 Å². The maximum Gasteiger partial charge on any atom is 0.349 e. The fourth-order valence-electron chi connectivity index (χ4n) is 1.79. The molecule has 0 amide bonds. The average molecular weight is 326 g/mol. The van der Waals surface area contributed by atoms with Crippen LogP contribution in [0.1, 0.15) is 15.2 Å². The Morgan fingerprint density at radius 3 is 2.62 bits per heavy atom. The highest BCUT2D eigenvalue weighted by molar-refractivity contribution is 7.93. The zero-order valence-electron chi connectivity index (χ0n) is 11.4.